The average Bonchev–Trinajstić information content (AvgIpc) is 1.82. The summed E-state index contributed by atoms with van der Waals surface area (Å²) in [5.74, 6) is 0.553. The summed E-state index contributed by atoms with van der Waals surface area (Å²) in [6, 6.07) is -0.0926. The van der Waals surface area contributed by atoms with Gasteiger partial charge < -0.3 is 10.8 Å². The molecular formula is C10H23NO. The van der Waals surface area contributed by atoms with Crippen molar-refractivity contribution in [1.82, 2.24) is 0 Å². The first-order valence-electron chi connectivity index (χ1n) is 4.68. The maximum absolute atomic E-state index is 9.78. The van der Waals surface area contributed by atoms with Crippen LogP contribution in [0.3, 0.4) is 0 Å². The number of hydrogen-bond donors (Lipinski definition) is 2. The van der Waals surface area contributed by atoms with Crippen molar-refractivity contribution in [2.75, 3.05) is 0 Å². The van der Waals surface area contributed by atoms with Gasteiger partial charge in [-0.25, -0.2) is 0 Å². The van der Waals surface area contributed by atoms with Crippen molar-refractivity contribution in [3.05, 3.63) is 0 Å². The van der Waals surface area contributed by atoms with Gasteiger partial charge in [0.25, 0.3) is 0 Å². The highest BCUT2D eigenvalue weighted by Crippen LogP contribution is 2.23. The Labute approximate surface area is 76.2 Å². The zero-order valence-corrected chi connectivity index (χ0v) is 8.96. The second-order valence-electron chi connectivity index (χ2n) is 5.10. The Morgan fingerprint density at radius 2 is 1.67 bits per heavy atom. The molecule has 2 atom stereocenters. The van der Waals surface area contributed by atoms with Crippen LogP contribution >= 0.6 is 0 Å². The summed E-state index contributed by atoms with van der Waals surface area (Å²) < 4.78 is 0. The molecule has 0 amide bonds. The molecule has 0 rings (SSSR count). The van der Waals surface area contributed by atoms with E-state index in [1.165, 1.54) is 0 Å². The second kappa shape index (κ2) is 4.24. The number of aliphatic hydroxyl groups is 1. The van der Waals surface area contributed by atoms with E-state index < -0.39 is 6.10 Å². The van der Waals surface area contributed by atoms with Gasteiger partial charge in [0.1, 0.15) is 0 Å². The molecule has 0 aromatic rings. The van der Waals surface area contributed by atoms with E-state index in [0.717, 1.165) is 6.42 Å². The van der Waals surface area contributed by atoms with E-state index >= 15 is 0 Å². The summed E-state index contributed by atoms with van der Waals surface area (Å²) in [4.78, 5) is 0. The highest BCUT2D eigenvalue weighted by molar-refractivity contribution is 4.82. The van der Waals surface area contributed by atoms with Crippen LogP contribution in [0.1, 0.15) is 41.0 Å². The first-order chi connectivity index (χ1) is 5.25. The normalized spacial score (nSPS) is 18.0. The summed E-state index contributed by atoms with van der Waals surface area (Å²) in [5.41, 5.74) is 5.75. The quantitative estimate of drug-likeness (QED) is 0.683. The zero-order valence-electron chi connectivity index (χ0n) is 8.96. The summed E-state index contributed by atoms with van der Waals surface area (Å²) in [7, 11) is 0. The molecule has 74 valence electrons. The first kappa shape index (κ1) is 11.9. The standard InChI is InChI=1S/C10H23NO/c1-7(2)6-8(11)9(12)10(3,4)5/h7-9,12H,6,11H2,1-5H3/t8-,9?/m0/s1. The monoisotopic (exact) mass is 173 g/mol. The minimum atomic E-state index is -0.403. The Morgan fingerprint density at radius 1 is 1.25 bits per heavy atom. The lowest BCUT2D eigenvalue weighted by Crippen LogP contribution is -2.43. The molecule has 12 heavy (non-hydrogen) atoms. The SMILES string of the molecule is CC(C)C[C@H](N)C(O)C(C)(C)C. The minimum Gasteiger partial charge on any atom is -0.391 e. The molecule has 1 unspecified atom stereocenters. The van der Waals surface area contributed by atoms with Crippen molar-refractivity contribution in [3.63, 3.8) is 0 Å². The van der Waals surface area contributed by atoms with E-state index in [2.05, 4.69) is 13.8 Å². The number of nitrogens with two attached hydrogens (primary N) is 1. The van der Waals surface area contributed by atoms with Crippen LogP contribution in [-0.4, -0.2) is 17.3 Å². The lowest BCUT2D eigenvalue weighted by atomic mass is 9.82. The summed E-state index contributed by atoms with van der Waals surface area (Å²) in [5, 5.41) is 9.78. The highest BCUT2D eigenvalue weighted by atomic mass is 16.3. The van der Waals surface area contributed by atoms with Gasteiger partial charge in [0.15, 0.2) is 0 Å². The van der Waals surface area contributed by atoms with E-state index in [4.69, 9.17) is 5.73 Å². The van der Waals surface area contributed by atoms with Crippen molar-refractivity contribution >= 4 is 0 Å². The molecule has 0 spiro atoms. The third-order valence-electron chi connectivity index (χ3n) is 2.04. The van der Waals surface area contributed by atoms with Gasteiger partial charge in [0, 0.05) is 6.04 Å². The molecule has 0 aliphatic carbocycles. The van der Waals surface area contributed by atoms with Crippen molar-refractivity contribution in [1.29, 1.82) is 0 Å². The Hall–Kier alpha value is -0.0800. The molecule has 0 aromatic heterocycles. The second-order valence-corrected chi connectivity index (χ2v) is 5.10. The Morgan fingerprint density at radius 3 is 1.92 bits per heavy atom. The molecule has 0 saturated heterocycles. The maximum atomic E-state index is 9.78. The van der Waals surface area contributed by atoms with Gasteiger partial charge in [-0.05, 0) is 17.8 Å². The molecule has 0 radical (unpaired) electrons. The van der Waals surface area contributed by atoms with Gasteiger partial charge in [-0.2, -0.15) is 0 Å². The van der Waals surface area contributed by atoms with Crippen LogP contribution in [0.4, 0.5) is 0 Å². The maximum Gasteiger partial charge on any atom is 0.0739 e. The molecular weight excluding hydrogens is 150 g/mol. The van der Waals surface area contributed by atoms with Crippen molar-refractivity contribution < 1.29 is 5.11 Å². The summed E-state index contributed by atoms with van der Waals surface area (Å²) in [6.45, 7) is 10.3. The Bertz CT molecular complexity index is 126. The molecule has 0 fully saturated rings. The molecule has 2 heteroatoms. The fourth-order valence-electron chi connectivity index (χ4n) is 1.32. The lowest BCUT2D eigenvalue weighted by molar-refractivity contribution is 0.0348. The van der Waals surface area contributed by atoms with E-state index in [1.807, 2.05) is 20.8 Å². The van der Waals surface area contributed by atoms with Gasteiger partial charge in [-0.15, -0.1) is 0 Å². The van der Waals surface area contributed by atoms with Crippen LogP contribution in [0.2, 0.25) is 0 Å². The Kier molecular flexibility index (Phi) is 4.21. The first-order valence-corrected chi connectivity index (χ1v) is 4.68. The molecule has 0 aliphatic rings. The molecule has 0 heterocycles. The molecule has 0 aromatic carbocycles. The smallest absolute Gasteiger partial charge is 0.0739 e. The average molecular weight is 173 g/mol. The largest absolute Gasteiger partial charge is 0.391 e. The highest BCUT2D eigenvalue weighted by Gasteiger charge is 2.28. The van der Waals surface area contributed by atoms with Crippen LogP contribution in [0, 0.1) is 11.3 Å². The van der Waals surface area contributed by atoms with E-state index in [0.29, 0.717) is 5.92 Å². The predicted octanol–water partition coefficient (Wildman–Crippen LogP) is 1.77. The predicted molar refractivity (Wildman–Crippen MR) is 52.9 cm³/mol. The van der Waals surface area contributed by atoms with Gasteiger partial charge in [0.05, 0.1) is 6.10 Å². The van der Waals surface area contributed by atoms with Crippen LogP contribution < -0.4 is 5.73 Å². The zero-order chi connectivity index (χ0) is 9.94. The van der Waals surface area contributed by atoms with Gasteiger partial charge >= 0.3 is 0 Å². The topological polar surface area (TPSA) is 46.2 Å². The van der Waals surface area contributed by atoms with Crippen LogP contribution in [0.25, 0.3) is 0 Å². The number of aliphatic hydroxyl groups excluding tert-OH is 1. The van der Waals surface area contributed by atoms with E-state index in [9.17, 15) is 5.11 Å². The van der Waals surface area contributed by atoms with Crippen LogP contribution in [-0.2, 0) is 0 Å². The third kappa shape index (κ3) is 4.07. The van der Waals surface area contributed by atoms with E-state index in [1.54, 1.807) is 0 Å². The fourth-order valence-corrected chi connectivity index (χ4v) is 1.32. The summed E-state index contributed by atoms with van der Waals surface area (Å²) >= 11 is 0. The van der Waals surface area contributed by atoms with Gasteiger partial charge in [0.2, 0.25) is 0 Å². The molecule has 3 N–H and O–H groups in total. The molecule has 2 nitrogen and oxygen atoms in total. The van der Waals surface area contributed by atoms with Crippen LogP contribution in [0.15, 0.2) is 0 Å². The van der Waals surface area contributed by atoms with Gasteiger partial charge in [-0.1, -0.05) is 34.6 Å². The number of rotatable bonds is 3. The van der Waals surface area contributed by atoms with Crippen molar-refractivity contribution in [2.24, 2.45) is 17.1 Å². The molecule has 0 saturated carbocycles. The Balaban J connectivity index is 4.01. The van der Waals surface area contributed by atoms with Crippen LogP contribution in [0.5, 0.6) is 0 Å². The molecule has 0 bridgehead atoms. The number of hydrogen-bond acceptors (Lipinski definition) is 2. The van der Waals surface area contributed by atoms with Gasteiger partial charge in [-0.3, -0.25) is 0 Å². The van der Waals surface area contributed by atoms with Crippen molar-refractivity contribution in [3.8, 4) is 0 Å². The fraction of sp³-hybridized carbons (Fsp3) is 1.00. The minimum absolute atomic E-state index is 0.0926. The molecule has 0 aliphatic heterocycles. The lowest BCUT2D eigenvalue weighted by Gasteiger charge is -2.31. The van der Waals surface area contributed by atoms with E-state index in [-0.39, 0.29) is 11.5 Å². The third-order valence-corrected chi connectivity index (χ3v) is 2.04. The van der Waals surface area contributed by atoms with Crippen molar-refractivity contribution in [2.45, 2.75) is 53.2 Å². The summed E-state index contributed by atoms with van der Waals surface area (Å²) in [6.07, 6.45) is 0.484.